The summed E-state index contributed by atoms with van der Waals surface area (Å²) < 4.78 is 0. The van der Waals surface area contributed by atoms with Crippen molar-refractivity contribution >= 4 is 5.43 Å². The van der Waals surface area contributed by atoms with Crippen molar-refractivity contribution in [2.24, 2.45) is 0 Å². The van der Waals surface area contributed by atoms with Gasteiger partial charge in [0.25, 0.3) is 0 Å². The number of hydrogen-bond acceptors (Lipinski definition) is 0. The third-order valence-corrected chi connectivity index (χ3v) is 1.73. The number of allylic oxidation sites excluding steroid dienone is 8. The maximum atomic E-state index is 3.21. The molecule has 0 nitrogen and oxygen atoms in total. The molecule has 0 spiro atoms. The first-order valence-electron chi connectivity index (χ1n) is 5.66. The maximum absolute atomic E-state index is 3.21. The van der Waals surface area contributed by atoms with Gasteiger partial charge in [-0.05, 0) is 0 Å². The van der Waals surface area contributed by atoms with E-state index in [-0.39, 0.29) is 5.43 Å². The Morgan fingerprint density at radius 3 is 2.19 bits per heavy atom. The van der Waals surface area contributed by atoms with E-state index in [1.165, 1.54) is 5.57 Å². The molecule has 0 saturated heterocycles. The molecule has 2 aliphatic rings. The minimum atomic E-state index is 0.210. The summed E-state index contributed by atoms with van der Waals surface area (Å²) in [6.45, 7) is 6.77. The second-order valence-corrected chi connectivity index (χ2v) is 13.0. The van der Waals surface area contributed by atoms with Gasteiger partial charge < -0.3 is 0 Å². The van der Waals surface area contributed by atoms with Gasteiger partial charge in [-0.15, -0.1) is 12.8 Å². The fraction of sp³-hybridized carbons (Fsp3) is 0.429. The molecule has 0 unspecified atom stereocenters. The molecule has 2 heteroatoms. The van der Waals surface area contributed by atoms with Crippen LogP contribution < -0.4 is 0 Å². The standard InChI is InChI=1S/C7H9.C5H5.C2H6Si.Zr/c1-2-7-5-3-4-6-7;1-2-4-5-3-1;1-3-2;/h3,5H,2,4H2,1H3;1-3H,4H2;1-2H3;/q2*-1;;+2. The van der Waals surface area contributed by atoms with E-state index in [4.69, 9.17) is 0 Å². The molecular formula is C14H20SiZr. The molecule has 0 heterocycles. The Balaban J connectivity index is 0.000000222. The molecule has 0 atom stereocenters. The normalized spacial score (nSPS) is 14.9. The fourth-order valence-electron chi connectivity index (χ4n) is 1.03. The molecule has 0 aromatic carbocycles. The first kappa shape index (κ1) is 16.1. The molecule has 0 bridgehead atoms. The summed E-state index contributed by atoms with van der Waals surface area (Å²) in [6.07, 6.45) is 19.7. The van der Waals surface area contributed by atoms with Gasteiger partial charge in [-0.25, -0.2) is 23.8 Å². The van der Waals surface area contributed by atoms with Crippen molar-refractivity contribution in [3.8, 4) is 0 Å². The summed E-state index contributed by atoms with van der Waals surface area (Å²) in [5.74, 6) is 0. The monoisotopic (exact) mass is 306 g/mol. The molecule has 2 aliphatic carbocycles. The molecule has 16 heavy (non-hydrogen) atoms. The van der Waals surface area contributed by atoms with Gasteiger partial charge >= 0.3 is 41.9 Å². The Morgan fingerprint density at radius 1 is 1.31 bits per heavy atom. The summed E-state index contributed by atoms with van der Waals surface area (Å²) in [7, 11) is 0. The number of hydrogen-bond donors (Lipinski definition) is 0. The second kappa shape index (κ2) is 11.5. The van der Waals surface area contributed by atoms with Gasteiger partial charge in [-0.1, -0.05) is 13.3 Å². The Hall–Kier alpha value is 0.0600. The molecule has 0 aromatic rings. The van der Waals surface area contributed by atoms with E-state index in [1.54, 1.807) is 23.3 Å². The second-order valence-electron chi connectivity index (χ2n) is 3.67. The van der Waals surface area contributed by atoms with Gasteiger partial charge in [0.05, 0.1) is 0 Å². The van der Waals surface area contributed by atoms with Crippen molar-refractivity contribution in [3.05, 3.63) is 48.1 Å². The van der Waals surface area contributed by atoms with Crippen LogP contribution in [0.2, 0.25) is 13.1 Å². The van der Waals surface area contributed by atoms with Gasteiger partial charge in [-0.2, -0.15) is 12.2 Å². The molecule has 0 radical (unpaired) electrons. The zero-order valence-corrected chi connectivity index (χ0v) is 14.0. The van der Waals surface area contributed by atoms with Crippen LogP contribution in [0.1, 0.15) is 26.2 Å². The van der Waals surface area contributed by atoms with Crippen molar-refractivity contribution < 1.29 is 23.3 Å². The predicted molar refractivity (Wildman–Crippen MR) is 69.9 cm³/mol. The van der Waals surface area contributed by atoms with Crippen molar-refractivity contribution in [2.75, 3.05) is 0 Å². The Bertz CT molecular complexity index is 295. The largest absolute Gasteiger partial charge is 0.273 e. The van der Waals surface area contributed by atoms with Gasteiger partial charge in [0.2, 0.25) is 0 Å². The van der Waals surface area contributed by atoms with E-state index in [9.17, 15) is 0 Å². The smallest absolute Gasteiger partial charge is 0.109 e. The third-order valence-electron chi connectivity index (χ3n) is 1.73. The van der Waals surface area contributed by atoms with Crippen LogP contribution in [-0.2, 0) is 23.3 Å². The van der Waals surface area contributed by atoms with E-state index in [0.717, 1.165) is 19.3 Å². The van der Waals surface area contributed by atoms with Crippen LogP contribution in [0.15, 0.2) is 36.0 Å². The van der Waals surface area contributed by atoms with Gasteiger partial charge in [-0.3, -0.25) is 12.2 Å². The first-order valence-corrected chi connectivity index (χ1v) is 11.8. The molecule has 0 aliphatic heterocycles. The van der Waals surface area contributed by atoms with E-state index in [1.807, 2.05) is 12.2 Å². The third kappa shape index (κ3) is 12.1. The van der Waals surface area contributed by atoms with Crippen molar-refractivity contribution in [2.45, 2.75) is 39.3 Å². The Labute approximate surface area is 116 Å². The Kier molecular flexibility index (Phi) is 11.6. The summed E-state index contributed by atoms with van der Waals surface area (Å²) in [5, 5.41) is 0. The quantitative estimate of drug-likeness (QED) is 0.504. The molecule has 0 aromatic heterocycles. The SMILES string of the molecule is CCC1=[C-]CC=C1.C[Si](C)=[Zr+2].[C-]1=CC=CC1. The topological polar surface area (TPSA) is 0 Å². The molecule has 84 valence electrons. The van der Waals surface area contributed by atoms with Crippen LogP contribution in [0.5, 0.6) is 0 Å². The fourth-order valence-corrected chi connectivity index (χ4v) is 1.03. The maximum Gasteiger partial charge on any atom is -0.109 e. The average molecular weight is 308 g/mol. The zero-order valence-electron chi connectivity index (χ0n) is 10.5. The minimum absolute atomic E-state index is 0.210. The van der Waals surface area contributed by atoms with Crippen LogP contribution in [0.25, 0.3) is 0 Å². The molecule has 0 fully saturated rings. The van der Waals surface area contributed by atoms with Crippen molar-refractivity contribution in [1.29, 1.82) is 0 Å². The molecule has 0 N–H and O–H groups in total. The molecule has 0 amide bonds. The van der Waals surface area contributed by atoms with Gasteiger partial charge in [0, 0.05) is 0 Å². The van der Waals surface area contributed by atoms with E-state index >= 15 is 0 Å². The van der Waals surface area contributed by atoms with Crippen LogP contribution in [-0.4, -0.2) is 5.43 Å². The molecule has 2 rings (SSSR count). The summed E-state index contributed by atoms with van der Waals surface area (Å²) in [4.78, 5) is 0. The molecule has 0 saturated carbocycles. The van der Waals surface area contributed by atoms with E-state index in [2.05, 4.69) is 50.4 Å². The minimum Gasteiger partial charge on any atom is -0.273 e. The summed E-state index contributed by atoms with van der Waals surface area (Å²) in [6, 6.07) is 0. The Morgan fingerprint density at radius 2 is 2.00 bits per heavy atom. The van der Waals surface area contributed by atoms with E-state index < -0.39 is 0 Å². The number of rotatable bonds is 1. The van der Waals surface area contributed by atoms with Crippen molar-refractivity contribution in [3.63, 3.8) is 0 Å². The van der Waals surface area contributed by atoms with Crippen LogP contribution in [0.3, 0.4) is 0 Å². The van der Waals surface area contributed by atoms with Crippen LogP contribution in [0, 0.1) is 12.2 Å². The van der Waals surface area contributed by atoms with Gasteiger partial charge in [0.1, 0.15) is 0 Å². The van der Waals surface area contributed by atoms with Crippen LogP contribution in [0.4, 0.5) is 0 Å². The van der Waals surface area contributed by atoms with Crippen molar-refractivity contribution in [1.82, 2.24) is 0 Å². The van der Waals surface area contributed by atoms with Crippen LogP contribution >= 0.6 is 0 Å². The zero-order chi connectivity index (χ0) is 12.2. The summed E-state index contributed by atoms with van der Waals surface area (Å²) in [5.41, 5.74) is 1.57. The van der Waals surface area contributed by atoms with Gasteiger partial charge in [0.15, 0.2) is 0 Å². The summed E-state index contributed by atoms with van der Waals surface area (Å²) >= 11 is 1.74. The predicted octanol–water partition coefficient (Wildman–Crippen LogP) is 4.18. The average Bonchev–Trinajstić information content (AvgIpc) is 2.94. The van der Waals surface area contributed by atoms with E-state index in [0.29, 0.717) is 0 Å². The molecular weight excluding hydrogens is 287 g/mol. The first-order chi connectivity index (χ1) is 7.66.